The van der Waals surface area contributed by atoms with E-state index in [-0.39, 0.29) is 17.2 Å². The number of nitrogens with zero attached hydrogens (tertiary/aromatic N) is 1. The Hall–Kier alpha value is -3.72. The number of hydrogen-bond donors (Lipinski definition) is 1. The van der Waals surface area contributed by atoms with Gasteiger partial charge in [0.2, 0.25) is 5.91 Å². The molecule has 3 aromatic rings. The van der Waals surface area contributed by atoms with E-state index < -0.39 is 15.9 Å². The molecule has 1 N–H and O–H groups in total. The number of amides is 1. The standard InChI is InChI=1S/C26H30N2O6S/c1-32-23-14-8-7-10-20(23)11-9-17-27-26(29)19-28(21-12-5-4-6-13-21)35(30,31)22-15-16-24(33-2)25(18-22)34-3/h4-8,10,12-16,18H,9,11,17,19H2,1-3H3,(H,27,29). The summed E-state index contributed by atoms with van der Waals surface area (Å²) in [5, 5.41) is 2.82. The first kappa shape index (κ1) is 25.9. The zero-order valence-electron chi connectivity index (χ0n) is 20.1. The third-order valence-corrected chi connectivity index (χ3v) is 7.18. The predicted molar refractivity (Wildman–Crippen MR) is 135 cm³/mol. The number of aryl methyl sites for hydroxylation is 1. The van der Waals surface area contributed by atoms with Crippen molar-refractivity contribution in [3.05, 3.63) is 78.4 Å². The second-order valence-corrected chi connectivity index (χ2v) is 9.49. The van der Waals surface area contributed by atoms with Crippen LogP contribution in [-0.2, 0) is 21.2 Å². The fourth-order valence-corrected chi connectivity index (χ4v) is 5.05. The monoisotopic (exact) mass is 498 g/mol. The van der Waals surface area contributed by atoms with Crippen molar-refractivity contribution in [3.8, 4) is 17.2 Å². The molecule has 186 valence electrons. The number of para-hydroxylation sites is 2. The zero-order valence-corrected chi connectivity index (χ0v) is 20.9. The van der Waals surface area contributed by atoms with E-state index in [0.717, 1.165) is 22.0 Å². The van der Waals surface area contributed by atoms with Crippen LogP contribution >= 0.6 is 0 Å². The Bertz CT molecular complexity index is 1230. The lowest BCUT2D eigenvalue weighted by atomic mass is 10.1. The van der Waals surface area contributed by atoms with Gasteiger partial charge in [-0.15, -0.1) is 0 Å². The van der Waals surface area contributed by atoms with E-state index in [4.69, 9.17) is 14.2 Å². The van der Waals surface area contributed by atoms with Gasteiger partial charge in [-0.3, -0.25) is 9.10 Å². The van der Waals surface area contributed by atoms with Crippen molar-refractivity contribution in [2.75, 3.05) is 38.7 Å². The Morgan fingerprint density at radius 2 is 1.49 bits per heavy atom. The minimum atomic E-state index is -4.07. The average molecular weight is 499 g/mol. The highest BCUT2D eigenvalue weighted by Crippen LogP contribution is 2.32. The lowest BCUT2D eigenvalue weighted by Crippen LogP contribution is -2.41. The fourth-order valence-electron chi connectivity index (χ4n) is 3.62. The first-order chi connectivity index (χ1) is 16.9. The number of carbonyl (C=O) groups is 1. The maximum absolute atomic E-state index is 13.6. The van der Waals surface area contributed by atoms with E-state index in [2.05, 4.69) is 5.32 Å². The Morgan fingerprint density at radius 3 is 2.17 bits per heavy atom. The molecule has 35 heavy (non-hydrogen) atoms. The van der Waals surface area contributed by atoms with Gasteiger partial charge in [0.25, 0.3) is 10.0 Å². The van der Waals surface area contributed by atoms with Crippen molar-refractivity contribution in [3.63, 3.8) is 0 Å². The number of anilines is 1. The molecule has 0 aliphatic heterocycles. The number of nitrogens with one attached hydrogen (secondary N) is 1. The lowest BCUT2D eigenvalue weighted by molar-refractivity contribution is -0.119. The number of ether oxygens (including phenoxy) is 3. The number of benzene rings is 3. The van der Waals surface area contributed by atoms with Crippen LogP contribution in [0.15, 0.2) is 77.7 Å². The minimum absolute atomic E-state index is 0.0111. The van der Waals surface area contributed by atoms with Gasteiger partial charge in [0, 0.05) is 12.6 Å². The molecule has 3 aromatic carbocycles. The molecule has 8 nitrogen and oxygen atoms in total. The van der Waals surface area contributed by atoms with Crippen molar-refractivity contribution in [1.82, 2.24) is 5.32 Å². The quantitative estimate of drug-likeness (QED) is 0.383. The van der Waals surface area contributed by atoms with Crippen LogP contribution in [0.1, 0.15) is 12.0 Å². The average Bonchev–Trinajstić information content (AvgIpc) is 2.89. The highest BCUT2D eigenvalue weighted by Gasteiger charge is 2.28. The Kier molecular flexibility index (Phi) is 8.97. The molecular weight excluding hydrogens is 468 g/mol. The van der Waals surface area contributed by atoms with Crippen LogP contribution in [0.4, 0.5) is 5.69 Å². The highest BCUT2D eigenvalue weighted by atomic mass is 32.2. The molecule has 0 saturated carbocycles. The van der Waals surface area contributed by atoms with Crippen molar-refractivity contribution in [2.24, 2.45) is 0 Å². The summed E-state index contributed by atoms with van der Waals surface area (Å²) in [6.07, 6.45) is 1.40. The molecule has 0 aliphatic carbocycles. The summed E-state index contributed by atoms with van der Waals surface area (Å²) >= 11 is 0. The largest absolute Gasteiger partial charge is 0.496 e. The van der Waals surface area contributed by atoms with E-state index in [0.29, 0.717) is 24.4 Å². The Labute approximate surface area is 206 Å². The van der Waals surface area contributed by atoms with Crippen molar-refractivity contribution in [1.29, 1.82) is 0 Å². The minimum Gasteiger partial charge on any atom is -0.496 e. The third kappa shape index (κ3) is 6.45. The van der Waals surface area contributed by atoms with Crippen LogP contribution in [0.3, 0.4) is 0 Å². The third-order valence-electron chi connectivity index (χ3n) is 5.41. The van der Waals surface area contributed by atoms with Crippen molar-refractivity contribution < 1.29 is 27.4 Å². The molecule has 0 aromatic heterocycles. The van der Waals surface area contributed by atoms with Gasteiger partial charge in [-0.1, -0.05) is 36.4 Å². The van der Waals surface area contributed by atoms with E-state index in [1.165, 1.54) is 32.4 Å². The lowest BCUT2D eigenvalue weighted by Gasteiger charge is -2.24. The Balaban J connectivity index is 1.74. The van der Waals surface area contributed by atoms with Crippen LogP contribution in [0.25, 0.3) is 0 Å². The molecule has 1 amide bonds. The van der Waals surface area contributed by atoms with Gasteiger partial charge in [-0.25, -0.2) is 8.42 Å². The summed E-state index contributed by atoms with van der Waals surface area (Å²) in [5.41, 5.74) is 1.43. The second-order valence-electron chi connectivity index (χ2n) is 7.63. The van der Waals surface area contributed by atoms with E-state index in [1.54, 1.807) is 37.4 Å². The smallest absolute Gasteiger partial charge is 0.264 e. The maximum Gasteiger partial charge on any atom is 0.264 e. The molecule has 0 fully saturated rings. The summed E-state index contributed by atoms with van der Waals surface area (Å²) in [6.45, 7) is 0.0330. The topological polar surface area (TPSA) is 94.2 Å². The normalized spacial score (nSPS) is 10.9. The molecule has 9 heteroatoms. The van der Waals surface area contributed by atoms with Crippen LogP contribution in [0, 0.1) is 0 Å². The number of methoxy groups -OCH3 is 3. The summed E-state index contributed by atoms with van der Waals surface area (Å²) < 4.78 is 44.0. The number of hydrogen-bond acceptors (Lipinski definition) is 6. The first-order valence-electron chi connectivity index (χ1n) is 11.1. The SMILES string of the molecule is COc1ccccc1CCCNC(=O)CN(c1ccccc1)S(=O)(=O)c1ccc(OC)c(OC)c1. The highest BCUT2D eigenvalue weighted by molar-refractivity contribution is 7.92. The van der Waals surface area contributed by atoms with Gasteiger partial charge in [0.1, 0.15) is 12.3 Å². The molecule has 3 rings (SSSR count). The molecule has 0 bridgehead atoms. The van der Waals surface area contributed by atoms with Gasteiger partial charge in [-0.05, 0) is 48.7 Å². The molecular formula is C26H30N2O6S. The molecule has 0 atom stereocenters. The van der Waals surface area contributed by atoms with Gasteiger partial charge in [0.15, 0.2) is 11.5 Å². The van der Waals surface area contributed by atoms with E-state index >= 15 is 0 Å². The van der Waals surface area contributed by atoms with Crippen LogP contribution in [-0.4, -0.2) is 48.7 Å². The first-order valence-corrected chi connectivity index (χ1v) is 12.5. The molecule has 0 spiro atoms. The number of rotatable bonds is 12. The van der Waals surface area contributed by atoms with E-state index in [1.807, 2.05) is 24.3 Å². The molecule has 0 radical (unpaired) electrons. The summed E-state index contributed by atoms with van der Waals surface area (Å²) in [5.74, 6) is 1.08. The number of sulfonamides is 1. The molecule has 0 unspecified atom stereocenters. The summed E-state index contributed by atoms with van der Waals surface area (Å²) in [7, 11) is 0.459. The fraction of sp³-hybridized carbons (Fsp3) is 0.269. The van der Waals surface area contributed by atoms with Crippen LogP contribution < -0.4 is 23.8 Å². The molecule has 0 heterocycles. The number of carbonyl (C=O) groups excluding carboxylic acids is 1. The zero-order chi connectivity index (χ0) is 25.3. The van der Waals surface area contributed by atoms with Crippen LogP contribution in [0.2, 0.25) is 0 Å². The van der Waals surface area contributed by atoms with Gasteiger partial charge in [0.05, 0.1) is 31.9 Å². The van der Waals surface area contributed by atoms with Gasteiger partial charge in [-0.2, -0.15) is 0 Å². The summed E-state index contributed by atoms with van der Waals surface area (Å²) in [6, 6.07) is 20.6. The van der Waals surface area contributed by atoms with Crippen LogP contribution in [0.5, 0.6) is 17.2 Å². The Morgan fingerprint density at radius 1 is 0.829 bits per heavy atom. The van der Waals surface area contributed by atoms with Gasteiger partial charge >= 0.3 is 0 Å². The van der Waals surface area contributed by atoms with Crippen molar-refractivity contribution in [2.45, 2.75) is 17.7 Å². The van der Waals surface area contributed by atoms with Gasteiger partial charge < -0.3 is 19.5 Å². The van der Waals surface area contributed by atoms with Crippen molar-refractivity contribution >= 4 is 21.6 Å². The maximum atomic E-state index is 13.6. The second kappa shape index (κ2) is 12.1. The summed E-state index contributed by atoms with van der Waals surface area (Å²) in [4.78, 5) is 12.8. The predicted octanol–water partition coefficient (Wildman–Crippen LogP) is 3.66. The molecule has 0 aliphatic rings. The molecule has 0 saturated heterocycles. The van der Waals surface area contributed by atoms with E-state index in [9.17, 15) is 13.2 Å².